The minimum absolute atomic E-state index is 0.152. The molecule has 0 spiro atoms. The largest absolute Gasteiger partial charge is 0.489 e. The number of aliphatic carboxylic acids is 1. The third-order valence-electron chi connectivity index (χ3n) is 6.36. The maximum atomic E-state index is 13.6. The number of carboxylic acids is 1. The first kappa shape index (κ1) is 27.0. The molecule has 1 aliphatic carbocycles. The summed E-state index contributed by atoms with van der Waals surface area (Å²) in [6.07, 6.45) is 4.19. The number of hydrogen-bond donors (Lipinski definition) is 1. The van der Waals surface area contributed by atoms with Gasteiger partial charge in [-0.1, -0.05) is 38.1 Å². The van der Waals surface area contributed by atoms with E-state index >= 15 is 0 Å². The summed E-state index contributed by atoms with van der Waals surface area (Å²) < 4.78 is 35.0. The van der Waals surface area contributed by atoms with Crippen LogP contribution in [0.3, 0.4) is 0 Å². The van der Waals surface area contributed by atoms with Crippen LogP contribution in [0.4, 0.5) is 0 Å². The number of fused-ring (bicyclic) bond motifs is 1. The van der Waals surface area contributed by atoms with Crippen molar-refractivity contribution in [2.75, 3.05) is 6.54 Å². The molecule has 1 atom stereocenters. The number of rotatable bonds is 10. The van der Waals surface area contributed by atoms with Crippen LogP contribution in [0, 0.1) is 19.8 Å². The van der Waals surface area contributed by atoms with Gasteiger partial charge in [-0.15, -0.1) is 11.3 Å². The van der Waals surface area contributed by atoms with E-state index < -0.39 is 16.0 Å². The summed E-state index contributed by atoms with van der Waals surface area (Å²) in [6, 6.07) is 11.4. The number of carbonyl (C=O) groups is 1. The summed E-state index contributed by atoms with van der Waals surface area (Å²) in [6.45, 7) is 8.64. The van der Waals surface area contributed by atoms with Crippen LogP contribution in [0.1, 0.15) is 59.8 Å². The number of nitrogens with zero attached hydrogens (tertiary/aromatic N) is 2. The van der Waals surface area contributed by atoms with Crippen molar-refractivity contribution >= 4 is 33.4 Å². The molecule has 1 heterocycles. The molecule has 4 rings (SSSR count). The Morgan fingerprint density at radius 1 is 1.24 bits per heavy atom. The Balaban J connectivity index is 1.51. The highest BCUT2D eigenvalue weighted by atomic mass is 32.2. The first-order valence-electron chi connectivity index (χ1n) is 12.2. The van der Waals surface area contributed by atoms with E-state index in [1.807, 2.05) is 57.2 Å². The van der Waals surface area contributed by atoms with Crippen LogP contribution < -0.4 is 4.74 Å². The zero-order valence-corrected chi connectivity index (χ0v) is 23.1. The van der Waals surface area contributed by atoms with E-state index in [9.17, 15) is 13.2 Å². The topological polar surface area (TPSA) is 96.8 Å². The quantitative estimate of drug-likeness (QED) is 0.328. The highest BCUT2D eigenvalue weighted by Crippen LogP contribution is 2.41. The molecular formula is C28H32N2O5S2. The van der Waals surface area contributed by atoms with Crippen LogP contribution in [0.25, 0.3) is 6.08 Å². The Morgan fingerprint density at radius 3 is 2.68 bits per heavy atom. The van der Waals surface area contributed by atoms with Gasteiger partial charge >= 0.3 is 5.97 Å². The summed E-state index contributed by atoms with van der Waals surface area (Å²) in [5.41, 5.74) is 5.69. The standard InChI is InChI=1S/C28H32N2O5S2/c1-18(2)15-30(37(33,34)28-29-20(4)17-36-28)26-11-8-22-14-24(9-10-25(22)26)35-16-23-7-5-21(13-19(23)3)6-12-27(31)32/h5-7,9-10,12-14,17-18,26H,8,11,15-16H2,1-4H3,(H,31,32). The zero-order chi connectivity index (χ0) is 26.7. The third kappa shape index (κ3) is 6.29. The maximum Gasteiger partial charge on any atom is 0.328 e. The second-order valence-corrected chi connectivity index (χ2v) is 12.7. The molecule has 0 saturated heterocycles. The van der Waals surface area contributed by atoms with Gasteiger partial charge in [-0.05, 0) is 78.6 Å². The van der Waals surface area contributed by atoms with Crippen molar-refractivity contribution in [3.63, 3.8) is 0 Å². The molecule has 1 aliphatic rings. The molecule has 0 aliphatic heterocycles. The van der Waals surface area contributed by atoms with E-state index in [0.717, 1.165) is 52.5 Å². The Hall–Kier alpha value is -3.01. The van der Waals surface area contributed by atoms with Crippen molar-refractivity contribution in [2.45, 2.75) is 57.5 Å². The van der Waals surface area contributed by atoms with Gasteiger partial charge in [-0.3, -0.25) is 0 Å². The van der Waals surface area contributed by atoms with Gasteiger partial charge < -0.3 is 9.84 Å². The van der Waals surface area contributed by atoms with Crippen molar-refractivity contribution < 1.29 is 23.1 Å². The summed E-state index contributed by atoms with van der Waals surface area (Å²) in [5.74, 6) is -0.0636. The van der Waals surface area contributed by atoms with E-state index in [1.165, 1.54) is 11.3 Å². The molecule has 3 aromatic rings. The third-order valence-corrected chi connectivity index (χ3v) is 9.59. The predicted octanol–water partition coefficient (Wildman–Crippen LogP) is 5.77. The van der Waals surface area contributed by atoms with E-state index in [4.69, 9.17) is 9.84 Å². The molecular weight excluding hydrogens is 508 g/mol. The fourth-order valence-electron chi connectivity index (χ4n) is 4.58. The van der Waals surface area contributed by atoms with Gasteiger partial charge in [0.25, 0.3) is 10.0 Å². The fraction of sp³-hybridized carbons (Fsp3) is 0.357. The number of carboxylic acid groups (broad SMARTS) is 1. The summed E-state index contributed by atoms with van der Waals surface area (Å²) in [7, 11) is -3.70. The lowest BCUT2D eigenvalue weighted by Gasteiger charge is -2.29. The lowest BCUT2D eigenvalue weighted by molar-refractivity contribution is -0.131. The van der Waals surface area contributed by atoms with Crippen molar-refractivity contribution in [1.29, 1.82) is 0 Å². The molecule has 0 saturated carbocycles. The molecule has 0 bridgehead atoms. The van der Waals surface area contributed by atoms with Gasteiger partial charge in [-0.2, -0.15) is 4.31 Å². The van der Waals surface area contributed by atoms with Gasteiger partial charge in [0, 0.05) is 23.7 Å². The van der Waals surface area contributed by atoms with Gasteiger partial charge in [0.2, 0.25) is 4.34 Å². The zero-order valence-electron chi connectivity index (χ0n) is 21.5. The van der Waals surface area contributed by atoms with E-state index in [1.54, 1.807) is 22.7 Å². The Bertz CT molecular complexity index is 1430. The molecule has 37 heavy (non-hydrogen) atoms. The molecule has 7 nitrogen and oxygen atoms in total. The van der Waals surface area contributed by atoms with Crippen LogP contribution in [0.5, 0.6) is 5.75 Å². The first-order valence-corrected chi connectivity index (χ1v) is 14.6. The normalized spacial score (nSPS) is 15.6. The Kier molecular flexibility index (Phi) is 8.16. The smallest absolute Gasteiger partial charge is 0.328 e. The minimum atomic E-state index is -3.70. The van der Waals surface area contributed by atoms with Gasteiger partial charge in [0.1, 0.15) is 12.4 Å². The molecule has 0 fully saturated rings. The number of benzene rings is 2. The summed E-state index contributed by atoms with van der Waals surface area (Å²) in [5, 5.41) is 10.6. The summed E-state index contributed by atoms with van der Waals surface area (Å²) in [4.78, 5) is 15.0. The second-order valence-electron chi connectivity index (χ2n) is 9.78. The van der Waals surface area contributed by atoms with Crippen LogP contribution in [-0.4, -0.2) is 35.3 Å². The highest BCUT2D eigenvalue weighted by molar-refractivity contribution is 7.91. The number of ether oxygens (including phenoxy) is 1. The number of thiazole rings is 1. The molecule has 1 unspecified atom stereocenters. The Morgan fingerprint density at radius 2 is 2.03 bits per heavy atom. The Labute approximate surface area is 222 Å². The SMILES string of the molecule is Cc1csc(S(=O)(=O)N(CC(C)C)C2CCc3cc(OCc4ccc(C=CC(=O)O)cc4C)ccc32)n1. The van der Waals surface area contributed by atoms with E-state index in [2.05, 4.69) is 4.98 Å². The van der Waals surface area contributed by atoms with Gasteiger partial charge in [-0.25, -0.2) is 18.2 Å². The molecule has 1 aromatic heterocycles. The number of aromatic nitrogens is 1. The monoisotopic (exact) mass is 540 g/mol. The average molecular weight is 541 g/mol. The fourth-order valence-corrected chi connectivity index (χ4v) is 7.52. The van der Waals surface area contributed by atoms with Crippen molar-refractivity contribution in [1.82, 2.24) is 9.29 Å². The molecule has 0 radical (unpaired) electrons. The maximum absolute atomic E-state index is 13.6. The van der Waals surface area contributed by atoms with Gasteiger partial charge in [0.15, 0.2) is 0 Å². The molecule has 9 heteroatoms. The van der Waals surface area contributed by atoms with Crippen molar-refractivity contribution in [3.8, 4) is 5.75 Å². The van der Waals surface area contributed by atoms with E-state index in [-0.39, 0.29) is 16.3 Å². The number of hydrogen-bond acceptors (Lipinski definition) is 6. The van der Waals surface area contributed by atoms with Crippen LogP contribution in [-0.2, 0) is 27.8 Å². The van der Waals surface area contributed by atoms with Crippen LogP contribution in [0.15, 0.2) is 52.2 Å². The average Bonchev–Trinajstić information content (AvgIpc) is 3.46. The lowest BCUT2D eigenvalue weighted by atomic mass is 10.1. The molecule has 0 amide bonds. The molecule has 1 N–H and O–H groups in total. The number of sulfonamides is 1. The van der Waals surface area contributed by atoms with Crippen molar-refractivity contribution in [3.05, 3.63) is 81.4 Å². The van der Waals surface area contributed by atoms with Gasteiger partial charge in [0.05, 0.1) is 6.04 Å². The van der Waals surface area contributed by atoms with E-state index in [0.29, 0.717) is 18.8 Å². The number of aryl methyl sites for hydroxylation is 3. The first-order chi connectivity index (χ1) is 17.5. The second kappa shape index (κ2) is 11.2. The van der Waals surface area contributed by atoms with Crippen molar-refractivity contribution in [2.24, 2.45) is 5.92 Å². The minimum Gasteiger partial charge on any atom is -0.489 e. The summed E-state index contributed by atoms with van der Waals surface area (Å²) >= 11 is 1.17. The molecule has 2 aromatic carbocycles. The van der Waals surface area contributed by atoms with Crippen LogP contribution in [0.2, 0.25) is 0 Å². The highest BCUT2D eigenvalue weighted by Gasteiger charge is 2.38. The lowest BCUT2D eigenvalue weighted by Crippen LogP contribution is -2.36. The predicted molar refractivity (Wildman–Crippen MR) is 145 cm³/mol. The van der Waals surface area contributed by atoms with Crippen LogP contribution >= 0.6 is 11.3 Å². The molecule has 196 valence electrons.